The molecule has 12 heavy (non-hydrogen) atoms. The Morgan fingerprint density at radius 1 is 1.75 bits per heavy atom. The molecule has 0 saturated heterocycles. The number of hydrogen-bond acceptors (Lipinski definition) is 4. The van der Waals surface area contributed by atoms with Crippen molar-refractivity contribution in [1.29, 1.82) is 0 Å². The molecular weight excluding hydrogens is 158 g/mol. The van der Waals surface area contributed by atoms with E-state index in [1.807, 2.05) is 6.08 Å². The average molecular weight is 167 g/mol. The summed E-state index contributed by atoms with van der Waals surface area (Å²) in [7, 11) is 0. The van der Waals surface area contributed by atoms with Crippen LogP contribution in [0.2, 0.25) is 0 Å². The fourth-order valence-corrected chi connectivity index (χ4v) is 1.42. The molecular formula is C7H9N3O2. The van der Waals surface area contributed by atoms with E-state index in [-0.39, 0.29) is 6.17 Å². The van der Waals surface area contributed by atoms with Crippen molar-refractivity contribution >= 4 is 12.3 Å². The summed E-state index contributed by atoms with van der Waals surface area (Å²) in [5.74, 6) is -0.842. The molecule has 0 aliphatic carbocycles. The molecule has 2 N–H and O–H groups in total. The second-order valence-electron chi connectivity index (χ2n) is 2.78. The van der Waals surface area contributed by atoms with Crippen molar-refractivity contribution < 1.29 is 9.90 Å². The smallest absolute Gasteiger partial charge is 0.330 e. The molecule has 2 aliphatic heterocycles. The van der Waals surface area contributed by atoms with Crippen molar-refractivity contribution in [3.8, 4) is 0 Å². The van der Waals surface area contributed by atoms with Gasteiger partial charge < -0.3 is 10.0 Å². The molecule has 0 aromatic rings. The quantitative estimate of drug-likeness (QED) is 0.520. The minimum atomic E-state index is -0.842. The molecule has 2 unspecified atom stereocenters. The number of nitrogens with one attached hydrogen (secondary N) is 1. The van der Waals surface area contributed by atoms with E-state index in [0.717, 1.165) is 6.42 Å². The Morgan fingerprint density at radius 2 is 2.58 bits per heavy atom. The lowest BCUT2D eigenvalue weighted by Crippen LogP contribution is -2.48. The van der Waals surface area contributed by atoms with Crippen molar-refractivity contribution in [2.24, 2.45) is 5.10 Å². The number of aliphatic carboxylic acids is 1. The van der Waals surface area contributed by atoms with E-state index in [1.54, 1.807) is 11.0 Å². The van der Waals surface area contributed by atoms with Gasteiger partial charge in [0, 0.05) is 6.42 Å². The van der Waals surface area contributed by atoms with Crippen LogP contribution in [0.1, 0.15) is 6.42 Å². The number of rotatable bonds is 1. The van der Waals surface area contributed by atoms with E-state index in [9.17, 15) is 4.79 Å². The van der Waals surface area contributed by atoms with Gasteiger partial charge in [0.25, 0.3) is 0 Å². The van der Waals surface area contributed by atoms with E-state index >= 15 is 0 Å². The first-order chi connectivity index (χ1) is 5.79. The van der Waals surface area contributed by atoms with Gasteiger partial charge in [0.2, 0.25) is 0 Å². The molecule has 2 aliphatic rings. The Bertz CT molecular complexity index is 261. The molecule has 0 bridgehead atoms. The number of carbonyl (C=O) groups is 1. The molecule has 5 nitrogen and oxygen atoms in total. The molecule has 2 heterocycles. The summed E-state index contributed by atoms with van der Waals surface area (Å²) >= 11 is 0. The van der Waals surface area contributed by atoms with Gasteiger partial charge in [0.15, 0.2) is 0 Å². The molecule has 0 aromatic heterocycles. The lowest BCUT2D eigenvalue weighted by atomic mass is 10.1. The van der Waals surface area contributed by atoms with Gasteiger partial charge in [-0.05, 0) is 0 Å². The summed E-state index contributed by atoms with van der Waals surface area (Å²) in [5, 5.41) is 12.6. The second kappa shape index (κ2) is 2.51. The zero-order chi connectivity index (χ0) is 8.55. The van der Waals surface area contributed by atoms with Gasteiger partial charge in [-0.15, -0.1) is 0 Å². The molecule has 0 saturated carbocycles. The van der Waals surface area contributed by atoms with Crippen LogP contribution in [-0.2, 0) is 4.79 Å². The summed E-state index contributed by atoms with van der Waals surface area (Å²) in [6, 6.07) is -0.567. The Labute approximate surface area is 69.4 Å². The molecule has 0 aromatic carbocycles. The maximum Gasteiger partial charge on any atom is 0.330 e. The fourth-order valence-electron chi connectivity index (χ4n) is 1.42. The zero-order valence-electron chi connectivity index (χ0n) is 6.34. The highest BCUT2D eigenvalue weighted by Crippen LogP contribution is 2.16. The van der Waals surface area contributed by atoms with Crippen LogP contribution in [0.25, 0.3) is 0 Å². The molecule has 2 atom stereocenters. The largest absolute Gasteiger partial charge is 0.479 e. The Balaban J connectivity index is 2.22. The summed E-state index contributed by atoms with van der Waals surface area (Å²) in [4.78, 5) is 12.4. The van der Waals surface area contributed by atoms with E-state index < -0.39 is 12.0 Å². The van der Waals surface area contributed by atoms with E-state index in [0.29, 0.717) is 0 Å². The van der Waals surface area contributed by atoms with Crippen LogP contribution in [0.4, 0.5) is 0 Å². The third-order valence-corrected chi connectivity index (χ3v) is 2.03. The summed E-state index contributed by atoms with van der Waals surface area (Å²) < 4.78 is 0. The molecule has 0 amide bonds. The number of hydrogen-bond donors (Lipinski definition) is 2. The van der Waals surface area contributed by atoms with E-state index in [4.69, 9.17) is 5.11 Å². The van der Waals surface area contributed by atoms with E-state index in [1.165, 1.54) is 6.34 Å². The van der Waals surface area contributed by atoms with Crippen molar-refractivity contribution in [1.82, 2.24) is 10.3 Å². The molecule has 5 heteroatoms. The summed E-state index contributed by atoms with van der Waals surface area (Å²) in [6.45, 7) is 0. The highest BCUT2D eigenvalue weighted by atomic mass is 16.4. The third-order valence-electron chi connectivity index (χ3n) is 2.03. The normalized spacial score (nSPS) is 31.5. The average Bonchev–Trinajstić information content (AvgIpc) is 2.49. The van der Waals surface area contributed by atoms with Crippen molar-refractivity contribution in [3.63, 3.8) is 0 Å². The summed E-state index contributed by atoms with van der Waals surface area (Å²) in [5.41, 5.74) is 2.82. The van der Waals surface area contributed by atoms with Gasteiger partial charge >= 0.3 is 5.97 Å². The van der Waals surface area contributed by atoms with Gasteiger partial charge in [-0.25, -0.2) is 4.79 Å². The highest BCUT2D eigenvalue weighted by Gasteiger charge is 2.32. The first-order valence-electron chi connectivity index (χ1n) is 3.74. The van der Waals surface area contributed by atoms with Crippen molar-refractivity contribution in [2.75, 3.05) is 0 Å². The molecule has 0 radical (unpaired) electrons. The molecule has 64 valence electrons. The van der Waals surface area contributed by atoms with Crippen LogP contribution in [0.15, 0.2) is 17.3 Å². The van der Waals surface area contributed by atoms with Gasteiger partial charge in [0.1, 0.15) is 18.5 Å². The standard InChI is InChI=1S/C7H9N3O2/c11-7(12)5-2-1-3-6-9-8-4-10(5)6/h1-2,4-6,9H,3H2,(H,11,12). The SMILES string of the molecule is O=C(O)C1C=CCC2NN=CN21. The molecule has 2 rings (SSSR count). The maximum atomic E-state index is 10.7. The van der Waals surface area contributed by atoms with Crippen LogP contribution in [0.3, 0.4) is 0 Å². The van der Waals surface area contributed by atoms with Crippen LogP contribution in [0, 0.1) is 0 Å². The van der Waals surface area contributed by atoms with Crippen LogP contribution < -0.4 is 5.43 Å². The van der Waals surface area contributed by atoms with Crippen LogP contribution in [0.5, 0.6) is 0 Å². The number of carboxylic acid groups (broad SMARTS) is 1. The maximum absolute atomic E-state index is 10.7. The Hall–Kier alpha value is -1.52. The van der Waals surface area contributed by atoms with E-state index in [2.05, 4.69) is 10.5 Å². The van der Waals surface area contributed by atoms with Gasteiger partial charge in [-0.2, -0.15) is 5.10 Å². The molecule has 0 fully saturated rings. The van der Waals surface area contributed by atoms with Gasteiger partial charge in [0.05, 0.1) is 0 Å². The zero-order valence-corrected chi connectivity index (χ0v) is 6.34. The van der Waals surface area contributed by atoms with Gasteiger partial charge in [-0.1, -0.05) is 12.2 Å². The number of fused-ring (bicyclic) bond motifs is 1. The van der Waals surface area contributed by atoms with Crippen molar-refractivity contribution in [2.45, 2.75) is 18.6 Å². The molecule has 0 spiro atoms. The first-order valence-corrected chi connectivity index (χ1v) is 3.74. The minimum absolute atomic E-state index is 0.0242. The highest BCUT2D eigenvalue weighted by molar-refractivity contribution is 5.80. The monoisotopic (exact) mass is 167 g/mol. The number of nitrogens with zero attached hydrogens (tertiary/aromatic N) is 2. The lowest BCUT2D eigenvalue weighted by Gasteiger charge is -2.30. The van der Waals surface area contributed by atoms with Crippen molar-refractivity contribution in [3.05, 3.63) is 12.2 Å². The minimum Gasteiger partial charge on any atom is -0.479 e. The number of hydrazone groups is 1. The van der Waals surface area contributed by atoms with Gasteiger partial charge in [-0.3, -0.25) is 5.43 Å². The Morgan fingerprint density at radius 3 is 3.33 bits per heavy atom. The predicted octanol–water partition coefficient (Wildman–Crippen LogP) is -0.426. The fraction of sp³-hybridized carbons (Fsp3) is 0.429. The van der Waals surface area contributed by atoms with Crippen LogP contribution in [-0.4, -0.2) is 34.5 Å². The van der Waals surface area contributed by atoms with Crippen LogP contribution >= 0.6 is 0 Å². The number of carboxylic acids is 1. The Kier molecular flexibility index (Phi) is 1.49. The lowest BCUT2D eigenvalue weighted by molar-refractivity contribution is -0.140. The second-order valence-corrected chi connectivity index (χ2v) is 2.78. The first kappa shape index (κ1) is 7.15. The topological polar surface area (TPSA) is 64.9 Å². The summed E-state index contributed by atoms with van der Waals surface area (Å²) in [6.07, 6.45) is 5.90. The third kappa shape index (κ3) is 0.939. The predicted molar refractivity (Wildman–Crippen MR) is 42.4 cm³/mol.